The number of hydrogen-bond donors (Lipinski definition) is 4. The quantitative estimate of drug-likeness (QED) is 0.120. The zero-order chi connectivity index (χ0) is 37.7. The summed E-state index contributed by atoms with van der Waals surface area (Å²) < 4.78 is 22.0. The molecule has 274 valence electrons. The Morgan fingerprint density at radius 3 is 2.53 bits per heavy atom. The zero-order valence-corrected chi connectivity index (χ0v) is 31.0. The van der Waals surface area contributed by atoms with Gasteiger partial charge in [-0.15, -0.1) is 10.2 Å². The fourth-order valence-corrected chi connectivity index (χ4v) is 8.37. The van der Waals surface area contributed by atoms with Crippen molar-refractivity contribution < 1.29 is 23.8 Å². The summed E-state index contributed by atoms with van der Waals surface area (Å²) in [6, 6.07) is 21.5. The van der Waals surface area contributed by atoms with Crippen molar-refractivity contribution in [1.82, 2.24) is 25.9 Å². The van der Waals surface area contributed by atoms with Gasteiger partial charge in [0, 0.05) is 46.7 Å². The number of anilines is 2. The summed E-state index contributed by atoms with van der Waals surface area (Å²) in [5.74, 6) is -2.23. The SMILES string of the molecule is COc1cc(C(=O)O)ccc1NC(=O)[C@@H]1NC(CC(C)(C)C)[C@@]2(CN(Cc3ccc(-c4nn[nH]n4)cc3)c3cc(Cl)ccc32)[C@H]1c1cccc(Cl)c1F. The molecule has 53 heavy (non-hydrogen) atoms. The highest BCUT2D eigenvalue weighted by atomic mass is 35.5. The topological polar surface area (TPSA) is 145 Å². The molecular weight excluding hydrogens is 720 g/mol. The summed E-state index contributed by atoms with van der Waals surface area (Å²) >= 11 is 13.2. The Hall–Kier alpha value is -5.04. The monoisotopic (exact) mass is 757 g/mol. The molecule has 5 aromatic rings. The Morgan fingerprint density at radius 2 is 1.85 bits per heavy atom. The number of nitrogens with one attached hydrogen (secondary N) is 3. The molecule has 3 heterocycles. The Kier molecular flexibility index (Phi) is 9.64. The number of rotatable bonds is 9. The van der Waals surface area contributed by atoms with E-state index in [9.17, 15) is 14.7 Å². The van der Waals surface area contributed by atoms with Crippen molar-refractivity contribution in [2.75, 3.05) is 23.9 Å². The molecule has 0 radical (unpaired) electrons. The number of amides is 1. The smallest absolute Gasteiger partial charge is 0.335 e. The van der Waals surface area contributed by atoms with E-state index in [0.717, 1.165) is 22.4 Å². The number of tetrazole rings is 1. The van der Waals surface area contributed by atoms with E-state index in [1.54, 1.807) is 12.1 Å². The third kappa shape index (κ3) is 6.82. The van der Waals surface area contributed by atoms with Gasteiger partial charge in [0.25, 0.3) is 0 Å². The van der Waals surface area contributed by atoms with Crippen molar-refractivity contribution >= 4 is 46.5 Å². The maximum Gasteiger partial charge on any atom is 0.335 e. The van der Waals surface area contributed by atoms with Crippen LogP contribution in [0.4, 0.5) is 15.8 Å². The van der Waals surface area contributed by atoms with Gasteiger partial charge in [-0.25, -0.2) is 9.18 Å². The fourth-order valence-electron chi connectivity index (χ4n) is 8.03. The first-order valence-electron chi connectivity index (χ1n) is 17.1. The molecule has 2 aliphatic heterocycles. The number of carboxylic acids is 1. The molecule has 4 aromatic carbocycles. The molecule has 0 bridgehead atoms. The minimum Gasteiger partial charge on any atom is -0.495 e. The number of carbonyl (C=O) groups is 2. The van der Waals surface area contributed by atoms with E-state index in [1.165, 1.54) is 31.4 Å². The molecule has 1 spiro atoms. The van der Waals surface area contributed by atoms with Gasteiger partial charge in [0.15, 0.2) is 0 Å². The number of H-pyrrole nitrogens is 1. The van der Waals surface area contributed by atoms with Crippen LogP contribution in [0.1, 0.15) is 60.2 Å². The second kappa shape index (κ2) is 14.1. The number of carbonyl (C=O) groups excluding carboxylic acids is 1. The first-order valence-corrected chi connectivity index (χ1v) is 17.8. The van der Waals surface area contributed by atoms with E-state index in [0.29, 0.717) is 35.9 Å². The predicted molar refractivity (Wildman–Crippen MR) is 201 cm³/mol. The van der Waals surface area contributed by atoms with Gasteiger partial charge in [-0.05, 0) is 70.1 Å². The van der Waals surface area contributed by atoms with Gasteiger partial charge in [0.05, 0.1) is 29.4 Å². The molecule has 14 heteroatoms. The van der Waals surface area contributed by atoms with Crippen LogP contribution in [0.2, 0.25) is 10.0 Å². The Bertz CT molecular complexity index is 2180. The third-order valence-electron chi connectivity index (χ3n) is 10.2. The van der Waals surface area contributed by atoms with Crippen LogP contribution in [0.5, 0.6) is 5.75 Å². The maximum atomic E-state index is 16.5. The van der Waals surface area contributed by atoms with Crippen LogP contribution >= 0.6 is 23.2 Å². The number of carboxylic acid groups (broad SMARTS) is 1. The summed E-state index contributed by atoms with van der Waals surface area (Å²) in [5, 5.41) is 31.0. The summed E-state index contributed by atoms with van der Waals surface area (Å²) in [4.78, 5) is 28.6. The summed E-state index contributed by atoms with van der Waals surface area (Å²) in [6.07, 6.45) is 0.640. The number of aromatic carboxylic acids is 1. The lowest BCUT2D eigenvalue weighted by atomic mass is 9.63. The van der Waals surface area contributed by atoms with Gasteiger partial charge >= 0.3 is 5.97 Å². The first-order chi connectivity index (χ1) is 25.3. The Labute approximate surface area is 315 Å². The molecule has 1 unspecified atom stereocenters. The van der Waals surface area contributed by atoms with E-state index >= 15 is 4.39 Å². The first kappa shape index (κ1) is 36.3. The molecule has 11 nitrogen and oxygen atoms in total. The van der Waals surface area contributed by atoms with Crippen molar-refractivity contribution in [3.05, 3.63) is 117 Å². The molecule has 1 amide bonds. The van der Waals surface area contributed by atoms with Crippen molar-refractivity contribution in [2.45, 2.75) is 57.2 Å². The van der Waals surface area contributed by atoms with Crippen molar-refractivity contribution in [3.63, 3.8) is 0 Å². The van der Waals surface area contributed by atoms with Crippen LogP contribution in [0.3, 0.4) is 0 Å². The van der Waals surface area contributed by atoms with Crippen molar-refractivity contribution in [1.29, 1.82) is 0 Å². The normalized spacial score (nSPS) is 20.8. The Morgan fingerprint density at radius 1 is 1.08 bits per heavy atom. The van der Waals surface area contributed by atoms with Gasteiger partial charge in [-0.1, -0.05) is 86.4 Å². The van der Waals surface area contributed by atoms with Gasteiger partial charge in [-0.3, -0.25) is 4.79 Å². The number of halogens is 3. The number of aromatic amines is 1. The van der Waals surface area contributed by atoms with Crippen LogP contribution in [-0.4, -0.2) is 63.3 Å². The molecule has 0 saturated carbocycles. The number of ether oxygens (including phenoxy) is 1. The summed E-state index contributed by atoms with van der Waals surface area (Å²) in [7, 11) is 1.40. The number of methoxy groups -OCH3 is 1. The van der Waals surface area contributed by atoms with Crippen LogP contribution in [0.25, 0.3) is 11.4 Å². The third-order valence-corrected chi connectivity index (χ3v) is 10.7. The van der Waals surface area contributed by atoms with E-state index in [2.05, 4.69) is 56.9 Å². The molecule has 1 saturated heterocycles. The molecule has 0 aliphatic carbocycles. The van der Waals surface area contributed by atoms with E-state index in [4.69, 9.17) is 27.9 Å². The highest BCUT2D eigenvalue weighted by Gasteiger charge is 2.63. The summed E-state index contributed by atoms with van der Waals surface area (Å²) in [5.41, 5.74) is 3.21. The van der Waals surface area contributed by atoms with Gasteiger partial charge in [0.2, 0.25) is 11.7 Å². The van der Waals surface area contributed by atoms with Crippen molar-refractivity contribution in [2.24, 2.45) is 5.41 Å². The molecule has 1 aromatic heterocycles. The second-order valence-corrected chi connectivity index (χ2v) is 15.6. The highest BCUT2D eigenvalue weighted by Crippen LogP contribution is 2.58. The van der Waals surface area contributed by atoms with E-state index in [-0.39, 0.29) is 33.5 Å². The lowest BCUT2D eigenvalue weighted by molar-refractivity contribution is -0.118. The number of nitrogens with zero attached hydrogens (tertiary/aromatic N) is 4. The number of fused-ring (bicyclic) bond motifs is 2. The van der Waals surface area contributed by atoms with Gasteiger partial charge in [0.1, 0.15) is 11.6 Å². The number of aromatic nitrogens is 4. The number of hydrogen-bond acceptors (Lipinski definition) is 8. The van der Waals surface area contributed by atoms with Gasteiger partial charge in [-0.2, -0.15) is 5.21 Å². The largest absolute Gasteiger partial charge is 0.495 e. The standard InChI is InChI=1S/C39H38Cl2FN7O4/c1-38(2,3)18-31-39(20-49(29-17-24(40)13-14-26(29)39)19-21-8-10-22(11-9-21)35-45-47-48-46-35)32(25-6-5-7-27(41)33(25)42)34(44-31)36(50)43-28-15-12-23(37(51)52)16-30(28)53-4/h5-17,31-32,34,44H,18-20H2,1-4H3,(H,43,50)(H,51,52)(H,45,46,47,48)/t31?,32-,34+,39-/m0/s1. The Balaban J connectivity index is 1.36. The average Bonchev–Trinajstić information content (AvgIpc) is 3.84. The second-order valence-electron chi connectivity index (χ2n) is 14.8. The van der Waals surface area contributed by atoms with E-state index in [1.807, 2.05) is 42.5 Å². The van der Waals surface area contributed by atoms with Gasteiger partial charge < -0.3 is 25.4 Å². The van der Waals surface area contributed by atoms with Crippen LogP contribution in [0, 0.1) is 11.2 Å². The minimum absolute atomic E-state index is 0.00711. The molecular formula is C39H38Cl2FN7O4. The molecule has 4 N–H and O–H groups in total. The van der Waals surface area contributed by atoms with Crippen molar-refractivity contribution in [3.8, 4) is 17.1 Å². The molecule has 2 aliphatic rings. The van der Waals surface area contributed by atoms with Crippen LogP contribution in [-0.2, 0) is 16.8 Å². The average molecular weight is 759 g/mol. The summed E-state index contributed by atoms with van der Waals surface area (Å²) in [6.45, 7) is 7.35. The zero-order valence-electron chi connectivity index (χ0n) is 29.5. The lowest BCUT2D eigenvalue weighted by Crippen LogP contribution is -2.48. The number of benzene rings is 4. The predicted octanol–water partition coefficient (Wildman–Crippen LogP) is 7.48. The molecule has 7 rings (SSSR count). The van der Waals surface area contributed by atoms with E-state index < -0.39 is 35.1 Å². The highest BCUT2D eigenvalue weighted by molar-refractivity contribution is 6.31. The van der Waals surface area contributed by atoms with Crippen LogP contribution in [0.15, 0.2) is 78.9 Å². The fraction of sp³-hybridized carbons (Fsp3) is 0.308. The van der Waals surface area contributed by atoms with Crippen LogP contribution < -0.4 is 20.3 Å². The minimum atomic E-state index is -1.13. The molecule has 4 atom stereocenters. The lowest BCUT2D eigenvalue weighted by Gasteiger charge is -2.40. The maximum absolute atomic E-state index is 16.5. The molecule has 1 fully saturated rings.